The molecule has 0 spiro atoms. The fraction of sp³-hybridized carbons (Fsp3) is 0.714. The minimum Gasteiger partial charge on any atom is -0.356 e. The molecule has 0 bridgehead atoms. The molecule has 0 aliphatic heterocycles. The standard InChI is InChI=1S/C7H13NO2.H2/c1-2-5-8-7(10)4-3-6-9;/h6H,2-5H2,1H3,(H,8,10);1H. The van der Waals surface area contributed by atoms with Crippen molar-refractivity contribution in [2.45, 2.75) is 26.2 Å². The van der Waals surface area contributed by atoms with Crippen LogP contribution in [0, 0.1) is 0 Å². The summed E-state index contributed by atoms with van der Waals surface area (Å²) < 4.78 is 0. The third kappa shape index (κ3) is 5.28. The Bertz CT molecular complexity index is 117. The van der Waals surface area contributed by atoms with Gasteiger partial charge in [-0.3, -0.25) is 4.79 Å². The Morgan fingerprint density at radius 3 is 2.90 bits per heavy atom. The second-order valence-electron chi connectivity index (χ2n) is 2.06. The molecular formula is C7H15NO2. The first-order chi connectivity index (χ1) is 4.81. The van der Waals surface area contributed by atoms with Crippen molar-refractivity contribution in [3.63, 3.8) is 0 Å². The summed E-state index contributed by atoms with van der Waals surface area (Å²) in [6.45, 7) is 2.69. The molecule has 3 nitrogen and oxygen atoms in total. The minimum atomic E-state index is -0.0334. The number of carbonyl (C=O) groups is 2. The molecule has 0 aromatic rings. The van der Waals surface area contributed by atoms with E-state index in [2.05, 4.69) is 5.32 Å². The largest absolute Gasteiger partial charge is 0.356 e. The van der Waals surface area contributed by atoms with Crippen LogP contribution < -0.4 is 5.32 Å². The lowest BCUT2D eigenvalue weighted by atomic mass is 10.3. The summed E-state index contributed by atoms with van der Waals surface area (Å²) in [5.74, 6) is -0.0334. The molecule has 0 rings (SSSR count). The zero-order valence-electron chi connectivity index (χ0n) is 6.22. The second-order valence-corrected chi connectivity index (χ2v) is 2.06. The molecule has 0 fully saturated rings. The number of hydrogen-bond donors (Lipinski definition) is 1. The summed E-state index contributed by atoms with van der Waals surface area (Å²) in [7, 11) is 0. The summed E-state index contributed by atoms with van der Waals surface area (Å²) in [5, 5.41) is 2.67. The number of rotatable bonds is 5. The normalized spacial score (nSPS) is 8.90. The highest BCUT2D eigenvalue weighted by molar-refractivity contribution is 5.77. The first-order valence-corrected chi connectivity index (χ1v) is 3.51. The van der Waals surface area contributed by atoms with Crippen molar-refractivity contribution in [2.24, 2.45) is 0 Å². The molecule has 0 atom stereocenters. The van der Waals surface area contributed by atoms with Crippen LogP contribution >= 0.6 is 0 Å². The quantitative estimate of drug-likeness (QED) is 0.580. The van der Waals surface area contributed by atoms with E-state index in [1.54, 1.807) is 0 Å². The summed E-state index contributed by atoms with van der Waals surface area (Å²) in [6.07, 6.45) is 2.34. The lowest BCUT2D eigenvalue weighted by Crippen LogP contribution is -2.23. The molecule has 0 radical (unpaired) electrons. The highest BCUT2D eigenvalue weighted by Crippen LogP contribution is 1.83. The summed E-state index contributed by atoms with van der Waals surface area (Å²) in [4.78, 5) is 20.5. The van der Waals surface area contributed by atoms with E-state index >= 15 is 0 Å². The zero-order valence-corrected chi connectivity index (χ0v) is 6.22. The lowest BCUT2D eigenvalue weighted by Gasteiger charge is -1.98. The van der Waals surface area contributed by atoms with Crippen LogP contribution in [0.4, 0.5) is 0 Å². The zero-order chi connectivity index (χ0) is 7.82. The van der Waals surface area contributed by atoms with Crippen LogP contribution in [-0.2, 0) is 9.59 Å². The molecule has 0 saturated carbocycles. The van der Waals surface area contributed by atoms with Gasteiger partial charge in [-0.1, -0.05) is 6.92 Å². The molecule has 1 amide bonds. The van der Waals surface area contributed by atoms with Gasteiger partial charge in [0.1, 0.15) is 6.29 Å². The van der Waals surface area contributed by atoms with E-state index in [1.165, 1.54) is 0 Å². The average Bonchev–Trinajstić information content (AvgIpc) is 1.97. The Morgan fingerprint density at radius 2 is 2.40 bits per heavy atom. The maximum atomic E-state index is 10.7. The van der Waals surface area contributed by atoms with Gasteiger partial charge in [-0.2, -0.15) is 0 Å². The van der Waals surface area contributed by atoms with E-state index in [-0.39, 0.29) is 7.33 Å². The van der Waals surface area contributed by atoms with E-state index in [1.807, 2.05) is 6.92 Å². The minimum absolute atomic E-state index is 0. The summed E-state index contributed by atoms with van der Waals surface area (Å²) in [5.41, 5.74) is 0. The van der Waals surface area contributed by atoms with Gasteiger partial charge in [0, 0.05) is 20.8 Å². The van der Waals surface area contributed by atoms with Crippen molar-refractivity contribution in [2.75, 3.05) is 6.54 Å². The van der Waals surface area contributed by atoms with Gasteiger partial charge < -0.3 is 10.1 Å². The van der Waals surface area contributed by atoms with Gasteiger partial charge in [-0.15, -0.1) is 0 Å². The molecule has 0 aromatic carbocycles. The Hall–Kier alpha value is -0.860. The molecule has 60 valence electrons. The third-order valence-corrected chi connectivity index (χ3v) is 1.06. The number of hydrogen-bond acceptors (Lipinski definition) is 2. The van der Waals surface area contributed by atoms with Gasteiger partial charge in [0.2, 0.25) is 5.91 Å². The Labute approximate surface area is 62.3 Å². The van der Waals surface area contributed by atoms with Crippen LogP contribution in [-0.4, -0.2) is 18.7 Å². The average molecular weight is 145 g/mol. The topological polar surface area (TPSA) is 46.2 Å². The lowest BCUT2D eigenvalue weighted by molar-refractivity contribution is -0.122. The second kappa shape index (κ2) is 6.26. The van der Waals surface area contributed by atoms with Gasteiger partial charge >= 0.3 is 0 Å². The fourth-order valence-electron chi connectivity index (χ4n) is 0.543. The molecule has 1 N–H and O–H groups in total. The van der Waals surface area contributed by atoms with E-state index in [0.29, 0.717) is 19.4 Å². The molecule has 0 aliphatic rings. The number of nitrogens with one attached hydrogen (secondary N) is 1. The van der Waals surface area contributed by atoms with Crippen molar-refractivity contribution < 1.29 is 11.0 Å². The third-order valence-electron chi connectivity index (χ3n) is 1.06. The maximum absolute atomic E-state index is 10.7. The van der Waals surface area contributed by atoms with Crippen molar-refractivity contribution in [3.8, 4) is 0 Å². The maximum Gasteiger partial charge on any atom is 0.220 e. The van der Waals surface area contributed by atoms with Gasteiger partial charge in [-0.05, 0) is 6.42 Å². The molecule has 10 heavy (non-hydrogen) atoms. The summed E-state index contributed by atoms with van der Waals surface area (Å²) >= 11 is 0. The van der Waals surface area contributed by atoms with Gasteiger partial charge in [0.05, 0.1) is 0 Å². The Kier molecular flexibility index (Phi) is 5.72. The predicted octanol–water partition coefficient (Wildman–Crippen LogP) is 0.738. The molecule has 3 heteroatoms. The van der Waals surface area contributed by atoms with E-state index in [9.17, 15) is 9.59 Å². The number of carbonyl (C=O) groups excluding carboxylic acids is 2. The number of aldehydes is 1. The van der Waals surface area contributed by atoms with Crippen LogP contribution in [0.15, 0.2) is 0 Å². The van der Waals surface area contributed by atoms with E-state index < -0.39 is 0 Å². The molecule has 0 aromatic heterocycles. The Morgan fingerprint density at radius 1 is 1.70 bits per heavy atom. The van der Waals surface area contributed by atoms with Crippen LogP contribution in [0.2, 0.25) is 0 Å². The highest BCUT2D eigenvalue weighted by Gasteiger charge is 1.96. The van der Waals surface area contributed by atoms with Gasteiger partial charge in [0.25, 0.3) is 0 Å². The predicted molar refractivity (Wildman–Crippen MR) is 40.7 cm³/mol. The first-order valence-electron chi connectivity index (χ1n) is 3.51. The van der Waals surface area contributed by atoms with Gasteiger partial charge in [0.15, 0.2) is 0 Å². The molecular weight excluding hydrogens is 130 g/mol. The fourth-order valence-corrected chi connectivity index (χ4v) is 0.543. The number of amides is 1. The van der Waals surface area contributed by atoms with Gasteiger partial charge in [-0.25, -0.2) is 0 Å². The molecule has 0 saturated heterocycles. The van der Waals surface area contributed by atoms with E-state index in [0.717, 1.165) is 12.7 Å². The monoisotopic (exact) mass is 145 g/mol. The van der Waals surface area contributed by atoms with Crippen molar-refractivity contribution in [1.82, 2.24) is 5.32 Å². The SMILES string of the molecule is CCCNC(=O)CCC=O.[HH]. The summed E-state index contributed by atoms with van der Waals surface area (Å²) in [6, 6.07) is 0. The first kappa shape index (κ1) is 9.14. The van der Waals surface area contributed by atoms with Crippen LogP contribution in [0.3, 0.4) is 0 Å². The highest BCUT2D eigenvalue weighted by atomic mass is 16.1. The van der Waals surface area contributed by atoms with Crippen molar-refractivity contribution in [1.29, 1.82) is 0 Å². The van der Waals surface area contributed by atoms with Crippen LogP contribution in [0.5, 0.6) is 0 Å². The Balaban J connectivity index is 0. The molecule has 0 heterocycles. The molecule has 0 unspecified atom stereocenters. The van der Waals surface area contributed by atoms with Crippen LogP contribution in [0.25, 0.3) is 0 Å². The van der Waals surface area contributed by atoms with Crippen LogP contribution in [0.1, 0.15) is 27.6 Å². The smallest absolute Gasteiger partial charge is 0.220 e. The van der Waals surface area contributed by atoms with Crippen molar-refractivity contribution >= 4 is 12.2 Å². The van der Waals surface area contributed by atoms with E-state index in [4.69, 9.17) is 0 Å². The molecule has 0 aliphatic carbocycles. The van der Waals surface area contributed by atoms with Crippen molar-refractivity contribution in [3.05, 3.63) is 0 Å².